The predicted molar refractivity (Wildman–Crippen MR) is 90.8 cm³/mol. The van der Waals surface area contributed by atoms with E-state index in [4.69, 9.17) is 4.74 Å². The number of benzene rings is 2. The molecular weight excluding hydrogens is 286 g/mol. The van der Waals surface area contributed by atoms with Crippen LogP contribution in [0.2, 0.25) is 0 Å². The SMILES string of the molecule is C1CCOC1.c1ccc(-c2ncnc(-c3ccccc3)n2)cc1. The molecule has 1 saturated heterocycles. The molecule has 2 heterocycles. The average Bonchev–Trinajstić information content (AvgIpc) is 3.23. The second kappa shape index (κ2) is 8.15. The number of hydrogen-bond acceptors (Lipinski definition) is 4. The van der Waals surface area contributed by atoms with E-state index in [9.17, 15) is 0 Å². The Morgan fingerprint density at radius 2 is 1.13 bits per heavy atom. The molecule has 0 amide bonds. The summed E-state index contributed by atoms with van der Waals surface area (Å²) in [6.45, 7) is 2.00. The molecule has 116 valence electrons. The monoisotopic (exact) mass is 305 g/mol. The summed E-state index contributed by atoms with van der Waals surface area (Å²) in [6.07, 6.45) is 4.11. The van der Waals surface area contributed by atoms with E-state index in [1.165, 1.54) is 12.8 Å². The Labute approximate surface area is 136 Å². The summed E-state index contributed by atoms with van der Waals surface area (Å²) in [5, 5.41) is 0. The lowest BCUT2D eigenvalue weighted by molar-refractivity contribution is 0.198. The molecule has 1 aromatic heterocycles. The first kappa shape index (κ1) is 15.3. The van der Waals surface area contributed by atoms with Crippen molar-refractivity contribution in [2.75, 3.05) is 13.2 Å². The van der Waals surface area contributed by atoms with Crippen LogP contribution in [0.3, 0.4) is 0 Å². The van der Waals surface area contributed by atoms with E-state index in [-0.39, 0.29) is 0 Å². The minimum atomic E-state index is 0.699. The molecule has 0 aliphatic carbocycles. The normalized spacial score (nSPS) is 13.2. The quantitative estimate of drug-likeness (QED) is 0.718. The lowest BCUT2D eigenvalue weighted by Crippen LogP contribution is -1.94. The van der Waals surface area contributed by atoms with Crippen molar-refractivity contribution < 1.29 is 4.74 Å². The molecule has 0 saturated carbocycles. The maximum absolute atomic E-state index is 4.94. The Bertz CT molecular complexity index is 651. The van der Waals surface area contributed by atoms with E-state index in [1.54, 1.807) is 6.33 Å². The first-order valence-electron chi connectivity index (χ1n) is 7.81. The van der Waals surface area contributed by atoms with Gasteiger partial charge in [0.1, 0.15) is 6.33 Å². The van der Waals surface area contributed by atoms with E-state index < -0.39 is 0 Å². The van der Waals surface area contributed by atoms with Crippen LogP contribution in [0.1, 0.15) is 12.8 Å². The third-order valence-corrected chi connectivity index (χ3v) is 3.46. The van der Waals surface area contributed by atoms with Crippen molar-refractivity contribution >= 4 is 0 Å². The first-order valence-corrected chi connectivity index (χ1v) is 7.81. The van der Waals surface area contributed by atoms with Crippen molar-refractivity contribution in [3.05, 3.63) is 67.0 Å². The zero-order valence-electron chi connectivity index (χ0n) is 12.9. The van der Waals surface area contributed by atoms with Gasteiger partial charge in [0.25, 0.3) is 0 Å². The van der Waals surface area contributed by atoms with Crippen molar-refractivity contribution in [3.63, 3.8) is 0 Å². The third kappa shape index (κ3) is 4.44. The van der Waals surface area contributed by atoms with Gasteiger partial charge < -0.3 is 4.74 Å². The minimum Gasteiger partial charge on any atom is -0.381 e. The Balaban J connectivity index is 0.000000267. The third-order valence-electron chi connectivity index (χ3n) is 3.46. The highest BCUT2D eigenvalue weighted by atomic mass is 16.5. The molecule has 0 N–H and O–H groups in total. The Morgan fingerprint density at radius 3 is 1.52 bits per heavy atom. The molecule has 1 aliphatic heterocycles. The average molecular weight is 305 g/mol. The molecule has 0 unspecified atom stereocenters. The molecular formula is C19H19N3O. The lowest BCUT2D eigenvalue weighted by atomic mass is 10.2. The Kier molecular flexibility index (Phi) is 5.43. The van der Waals surface area contributed by atoms with Gasteiger partial charge in [0.15, 0.2) is 11.6 Å². The number of ether oxygens (including phenoxy) is 1. The van der Waals surface area contributed by atoms with E-state index in [2.05, 4.69) is 15.0 Å². The van der Waals surface area contributed by atoms with Crippen LogP contribution in [0.5, 0.6) is 0 Å². The molecule has 4 nitrogen and oxygen atoms in total. The number of hydrogen-bond donors (Lipinski definition) is 0. The highest BCUT2D eigenvalue weighted by molar-refractivity contribution is 5.60. The van der Waals surface area contributed by atoms with E-state index in [0.717, 1.165) is 24.3 Å². The van der Waals surface area contributed by atoms with Crippen molar-refractivity contribution in [1.29, 1.82) is 0 Å². The van der Waals surface area contributed by atoms with Crippen molar-refractivity contribution in [3.8, 4) is 22.8 Å². The molecule has 4 rings (SSSR count). The van der Waals surface area contributed by atoms with Gasteiger partial charge in [-0.1, -0.05) is 60.7 Å². The molecule has 3 aromatic rings. The van der Waals surface area contributed by atoms with Gasteiger partial charge >= 0.3 is 0 Å². The van der Waals surface area contributed by atoms with Crippen molar-refractivity contribution in [2.24, 2.45) is 0 Å². The van der Waals surface area contributed by atoms with Crippen LogP contribution in [-0.2, 0) is 4.74 Å². The van der Waals surface area contributed by atoms with Gasteiger partial charge in [-0.3, -0.25) is 0 Å². The van der Waals surface area contributed by atoms with Gasteiger partial charge in [-0.15, -0.1) is 0 Å². The van der Waals surface area contributed by atoms with Gasteiger partial charge in [0, 0.05) is 24.3 Å². The molecule has 2 aromatic carbocycles. The fraction of sp³-hybridized carbons (Fsp3) is 0.211. The standard InChI is InChI=1S/C15H11N3.C4H8O/c1-3-7-12(8-4-1)14-16-11-17-15(18-14)13-9-5-2-6-10-13;1-2-4-5-3-1/h1-11H;1-4H2. The molecule has 0 radical (unpaired) electrons. The Hall–Kier alpha value is -2.59. The van der Waals surface area contributed by atoms with Crippen molar-refractivity contribution in [2.45, 2.75) is 12.8 Å². The summed E-state index contributed by atoms with van der Waals surface area (Å²) in [5.74, 6) is 1.40. The lowest BCUT2D eigenvalue weighted by Gasteiger charge is -2.02. The van der Waals surface area contributed by atoms with Gasteiger partial charge in [-0.25, -0.2) is 15.0 Å². The predicted octanol–water partition coefficient (Wildman–Crippen LogP) is 4.00. The summed E-state index contributed by atoms with van der Waals surface area (Å²) in [5.41, 5.74) is 1.99. The summed E-state index contributed by atoms with van der Waals surface area (Å²) in [6, 6.07) is 19.8. The van der Waals surface area contributed by atoms with Crippen LogP contribution in [0.4, 0.5) is 0 Å². The van der Waals surface area contributed by atoms with E-state index in [0.29, 0.717) is 11.6 Å². The van der Waals surface area contributed by atoms with Crippen LogP contribution in [0.25, 0.3) is 22.8 Å². The number of nitrogens with zero attached hydrogens (tertiary/aromatic N) is 3. The summed E-state index contributed by atoms with van der Waals surface area (Å²) < 4.78 is 4.94. The first-order chi connectivity index (χ1) is 11.4. The van der Waals surface area contributed by atoms with Crippen LogP contribution < -0.4 is 0 Å². The molecule has 4 heteroatoms. The molecule has 0 bridgehead atoms. The second-order valence-electron chi connectivity index (χ2n) is 5.18. The van der Waals surface area contributed by atoms with Gasteiger partial charge in [-0.2, -0.15) is 0 Å². The van der Waals surface area contributed by atoms with Gasteiger partial charge in [0.05, 0.1) is 0 Å². The van der Waals surface area contributed by atoms with E-state index >= 15 is 0 Å². The second-order valence-corrected chi connectivity index (χ2v) is 5.18. The highest BCUT2D eigenvalue weighted by Crippen LogP contribution is 2.18. The summed E-state index contributed by atoms with van der Waals surface area (Å²) in [4.78, 5) is 12.9. The van der Waals surface area contributed by atoms with Gasteiger partial charge in [-0.05, 0) is 12.8 Å². The molecule has 23 heavy (non-hydrogen) atoms. The minimum absolute atomic E-state index is 0.699. The van der Waals surface area contributed by atoms with Crippen LogP contribution in [0.15, 0.2) is 67.0 Å². The molecule has 0 spiro atoms. The Morgan fingerprint density at radius 1 is 0.652 bits per heavy atom. The van der Waals surface area contributed by atoms with E-state index in [1.807, 2.05) is 60.7 Å². The molecule has 1 fully saturated rings. The summed E-state index contributed by atoms with van der Waals surface area (Å²) in [7, 11) is 0. The van der Waals surface area contributed by atoms with Gasteiger partial charge in [0.2, 0.25) is 0 Å². The van der Waals surface area contributed by atoms with Crippen molar-refractivity contribution in [1.82, 2.24) is 15.0 Å². The number of rotatable bonds is 2. The van der Waals surface area contributed by atoms with Crippen LogP contribution >= 0.6 is 0 Å². The zero-order valence-corrected chi connectivity index (χ0v) is 12.9. The van der Waals surface area contributed by atoms with Crippen LogP contribution in [-0.4, -0.2) is 28.2 Å². The largest absolute Gasteiger partial charge is 0.381 e. The van der Waals surface area contributed by atoms with Crippen LogP contribution in [0, 0.1) is 0 Å². The smallest absolute Gasteiger partial charge is 0.163 e. The maximum Gasteiger partial charge on any atom is 0.163 e. The molecule has 1 aliphatic rings. The zero-order chi connectivity index (χ0) is 15.7. The highest BCUT2D eigenvalue weighted by Gasteiger charge is 2.04. The summed E-state index contributed by atoms with van der Waals surface area (Å²) >= 11 is 0. The topological polar surface area (TPSA) is 47.9 Å². The molecule has 0 atom stereocenters. The fourth-order valence-corrected chi connectivity index (χ4v) is 2.26. The maximum atomic E-state index is 4.94. The number of aromatic nitrogens is 3. The fourth-order valence-electron chi connectivity index (χ4n) is 2.26.